The second-order valence-corrected chi connectivity index (χ2v) is 5.96. The molecule has 0 atom stereocenters. The van der Waals surface area contributed by atoms with Crippen LogP contribution in [0.3, 0.4) is 0 Å². The lowest BCUT2D eigenvalue weighted by atomic mass is 9.66. The third-order valence-electron chi connectivity index (χ3n) is 4.56. The van der Waals surface area contributed by atoms with E-state index in [1.165, 1.54) is 50.9 Å². The summed E-state index contributed by atoms with van der Waals surface area (Å²) in [5.74, 6) is 1.24. The highest BCUT2D eigenvalue weighted by atomic mass is 15.0. The molecule has 1 aromatic rings. The number of hydrogen-bond acceptors (Lipinski definition) is 2. The SMILES string of the molecule is Cn1ccnc1CCC1(CNC2CC2)CCC1. The van der Waals surface area contributed by atoms with Gasteiger partial charge in [0.25, 0.3) is 0 Å². The number of aromatic nitrogens is 2. The minimum atomic E-state index is 0.592. The summed E-state index contributed by atoms with van der Waals surface area (Å²) in [4.78, 5) is 4.43. The Morgan fingerprint density at radius 3 is 2.82 bits per heavy atom. The zero-order valence-electron chi connectivity index (χ0n) is 10.8. The molecule has 0 saturated heterocycles. The van der Waals surface area contributed by atoms with Gasteiger partial charge in [-0.15, -0.1) is 0 Å². The van der Waals surface area contributed by atoms with Crippen LogP contribution in [0.2, 0.25) is 0 Å². The first-order valence-corrected chi connectivity index (χ1v) is 6.97. The molecule has 2 aliphatic carbocycles. The summed E-state index contributed by atoms with van der Waals surface area (Å²) >= 11 is 0. The van der Waals surface area contributed by atoms with Crippen molar-refractivity contribution in [3.05, 3.63) is 18.2 Å². The Hall–Kier alpha value is -0.830. The maximum atomic E-state index is 4.43. The fourth-order valence-electron chi connectivity index (χ4n) is 2.85. The Morgan fingerprint density at radius 2 is 2.29 bits per heavy atom. The van der Waals surface area contributed by atoms with Gasteiger partial charge >= 0.3 is 0 Å². The molecule has 2 saturated carbocycles. The zero-order valence-corrected chi connectivity index (χ0v) is 10.8. The van der Waals surface area contributed by atoms with Crippen LogP contribution in [-0.2, 0) is 13.5 Å². The Balaban J connectivity index is 1.52. The average Bonchev–Trinajstić information content (AvgIpc) is 3.01. The van der Waals surface area contributed by atoms with E-state index in [4.69, 9.17) is 0 Å². The van der Waals surface area contributed by atoms with Gasteiger partial charge in [-0.25, -0.2) is 4.98 Å². The lowest BCUT2D eigenvalue weighted by Crippen LogP contribution is -2.41. The van der Waals surface area contributed by atoms with Gasteiger partial charge in [-0.05, 0) is 37.5 Å². The molecular formula is C14H23N3. The largest absolute Gasteiger partial charge is 0.338 e. The lowest BCUT2D eigenvalue weighted by Gasteiger charge is -2.42. The van der Waals surface area contributed by atoms with Crippen molar-refractivity contribution in [1.82, 2.24) is 14.9 Å². The molecule has 1 aromatic heterocycles. The number of imidazole rings is 1. The highest BCUT2D eigenvalue weighted by molar-refractivity contribution is 4.97. The Labute approximate surface area is 104 Å². The summed E-state index contributed by atoms with van der Waals surface area (Å²) in [6.07, 6.45) is 13.4. The van der Waals surface area contributed by atoms with Gasteiger partial charge in [0.1, 0.15) is 5.82 Å². The van der Waals surface area contributed by atoms with Crippen LogP contribution in [0.15, 0.2) is 12.4 Å². The smallest absolute Gasteiger partial charge is 0.108 e. The average molecular weight is 233 g/mol. The second-order valence-electron chi connectivity index (χ2n) is 5.96. The third-order valence-corrected chi connectivity index (χ3v) is 4.56. The standard InChI is InChI=1S/C14H23N3/c1-17-10-9-15-13(17)5-8-14(6-2-7-14)11-16-12-3-4-12/h9-10,12,16H,2-8,11H2,1H3. The van der Waals surface area contributed by atoms with Gasteiger partial charge in [0.15, 0.2) is 0 Å². The Morgan fingerprint density at radius 1 is 1.47 bits per heavy atom. The van der Waals surface area contributed by atoms with Crippen molar-refractivity contribution in [1.29, 1.82) is 0 Å². The van der Waals surface area contributed by atoms with E-state index in [0.717, 1.165) is 12.5 Å². The van der Waals surface area contributed by atoms with Crippen molar-refractivity contribution in [2.45, 2.75) is 51.0 Å². The first-order chi connectivity index (χ1) is 8.27. The van der Waals surface area contributed by atoms with Gasteiger partial charge in [-0.3, -0.25) is 0 Å². The van der Waals surface area contributed by atoms with Crippen molar-refractivity contribution in [3.8, 4) is 0 Å². The molecule has 3 nitrogen and oxygen atoms in total. The fraction of sp³-hybridized carbons (Fsp3) is 0.786. The van der Waals surface area contributed by atoms with E-state index in [0.29, 0.717) is 5.41 Å². The quantitative estimate of drug-likeness (QED) is 0.817. The molecule has 0 aromatic carbocycles. The van der Waals surface area contributed by atoms with Gasteiger partial charge in [0.05, 0.1) is 0 Å². The summed E-state index contributed by atoms with van der Waals surface area (Å²) in [7, 11) is 2.10. The Bertz CT molecular complexity index is 375. The van der Waals surface area contributed by atoms with E-state index in [-0.39, 0.29) is 0 Å². The molecule has 1 N–H and O–H groups in total. The molecule has 3 rings (SSSR count). The summed E-state index contributed by atoms with van der Waals surface area (Å²) < 4.78 is 2.15. The van der Waals surface area contributed by atoms with Gasteiger partial charge in [-0.2, -0.15) is 0 Å². The van der Waals surface area contributed by atoms with Crippen molar-refractivity contribution in [2.75, 3.05) is 6.54 Å². The highest BCUT2D eigenvalue weighted by Crippen LogP contribution is 2.44. The molecule has 0 unspecified atom stereocenters. The maximum Gasteiger partial charge on any atom is 0.108 e. The van der Waals surface area contributed by atoms with Gasteiger partial charge in [0, 0.05) is 38.4 Å². The van der Waals surface area contributed by atoms with E-state index in [9.17, 15) is 0 Å². The van der Waals surface area contributed by atoms with Crippen LogP contribution in [0, 0.1) is 5.41 Å². The molecule has 2 aliphatic rings. The van der Waals surface area contributed by atoms with Gasteiger partial charge in [-0.1, -0.05) is 6.42 Å². The van der Waals surface area contributed by atoms with Crippen LogP contribution in [0.5, 0.6) is 0 Å². The van der Waals surface area contributed by atoms with Crippen LogP contribution >= 0.6 is 0 Å². The molecule has 17 heavy (non-hydrogen) atoms. The molecule has 0 bridgehead atoms. The van der Waals surface area contributed by atoms with Crippen LogP contribution in [0.1, 0.15) is 44.3 Å². The summed E-state index contributed by atoms with van der Waals surface area (Å²) in [6, 6.07) is 0.848. The number of rotatable bonds is 6. The van der Waals surface area contributed by atoms with Crippen molar-refractivity contribution in [2.24, 2.45) is 12.5 Å². The maximum absolute atomic E-state index is 4.43. The summed E-state index contributed by atoms with van der Waals surface area (Å²) in [6.45, 7) is 1.24. The Kier molecular flexibility index (Phi) is 2.95. The number of nitrogens with one attached hydrogen (secondary N) is 1. The lowest BCUT2D eigenvalue weighted by molar-refractivity contribution is 0.115. The topological polar surface area (TPSA) is 29.9 Å². The normalized spacial score (nSPS) is 22.4. The molecule has 1 heterocycles. The fourth-order valence-corrected chi connectivity index (χ4v) is 2.85. The highest BCUT2D eigenvalue weighted by Gasteiger charge is 2.37. The van der Waals surface area contributed by atoms with Crippen molar-refractivity contribution >= 4 is 0 Å². The minimum absolute atomic E-state index is 0.592. The van der Waals surface area contributed by atoms with E-state index in [2.05, 4.69) is 21.9 Å². The first kappa shape index (κ1) is 11.3. The zero-order chi connectivity index (χ0) is 11.7. The van der Waals surface area contributed by atoms with Crippen LogP contribution in [0.4, 0.5) is 0 Å². The summed E-state index contributed by atoms with van der Waals surface area (Å²) in [5.41, 5.74) is 0.592. The number of nitrogens with zero attached hydrogens (tertiary/aromatic N) is 2. The molecule has 0 aliphatic heterocycles. The monoisotopic (exact) mass is 233 g/mol. The van der Waals surface area contributed by atoms with E-state index in [1.807, 2.05) is 12.4 Å². The molecule has 2 fully saturated rings. The predicted octanol–water partition coefficient (Wildman–Crippen LogP) is 2.28. The van der Waals surface area contributed by atoms with Crippen LogP contribution in [0.25, 0.3) is 0 Å². The van der Waals surface area contributed by atoms with E-state index >= 15 is 0 Å². The molecule has 0 spiro atoms. The minimum Gasteiger partial charge on any atom is -0.338 e. The third kappa shape index (κ3) is 2.54. The molecule has 94 valence electrons. The van der Waals surface area contributed by atoms with Crippen molar-refractivity contribution < 1.29 is 0 Å². The summed E-state index contributed by atoms with van der Waals surface area (Å²) in [5, 5.41) is 3.72. The van der Waals surface area contributed by atoms with Crippen molar-refractivity contribution in [3.63, 3.8) is 0 Å². The van der Waals surface area contributed by atoms with E-state index < -0.39 is 0 Å². The molecule has 0 radical (unpaired) electrons. The molecular weight excluding hydrogens is 210 g/mol. The molecule has 0 amide bonds. The van der Waals surface area contributed by atoms with E-state index in [1.54, 1.807) is 0 Å². The van der Waals surface area contributed by atoms with Crippen LogP contribution < -0.4 is 5.32 Å². The number of hydrogen-bond donors (Lipinski definition) is 1. The predicted molar refractivity (Wildman–Crippen MR) is 68.8 cm³/mol. The first-order valence-electron chi connectivity index (χ1n) is 6.97. The van der Waals surface area contributed by atoms with Gasteiger partial charge in [0.2, 0.25) is 0 Å². The van der Waals surface area contributed by atoms with Gasteiger partial charge < -0.3 is 9.88 Å². The second kappa shape index (κ2) is 4.45. The molecule has 3 heteroatoms. The van der Waals surface area contributed by atoms with Crippen LogP contribution in [-0.4, -0.2) is 22.1 Å². The number of aryl methyl sites for hydroxylation is 2.